The van der Waals surface area contributed by atoms with Crippen molar-refractivity contribution in [2.45, 2.75) is 20.4 Å². The molecule has 6 heteroatoms. The molecule has 0 saturated heterocycles. The van der Waals surface area contributed by atoms with Gasteiger partial charge in [-0.2, -0.15) is 0 Å². The van der Waals surface area contributed by atoms with Crippen molar-refractivity contribution in [1.29, 1.82) is 0 Å². The number of carbonyl (C=O) groups excluding carboxylic acids is 1. The number of rotatable bonds is 8. The van der Waals surface area contributed by atoms with Crippen LogP contribution in [-0.4, -0.2) is 24.1 Å². The van der Waals surface area contributed by atoms with Gasteiger partial charge in [0.25, 0.3) is 5.91 Å². The van der Waals surface area contributed by atoms with Gasteiger partial charge in [0.15, 0.2) is 11.5 Å². The SMILES string of the molecule is CCOc1ccc(C(=O)NCc2ccnc(-c3cccs3)c2)cc1OCC. The van der Waals surface area contributed by atoms with Crippen LogP contribution in [0.25, 0.3) is 10.6 Å². The van der Waals surface area contributed by atoms with Gasteiger partial charge in [0, 0.05) is 18.3 Å². The molecule has 3 aromatic rings. The Labute approximate surface area is 163 Å². The normalized spacial score (nSPS) is 10.4. The Morgan fingerprint density at radius 1 is 1.07 bits per heavy atom. The first kappa shape index (κ1) is 18.9. The van der Waals surface area contributed by atoms with Crippen molar-refractivity contribution in [3.05, 3.63) is 65.2 Å². The zero-order chi connectivity index (χ0) is 19.1. The second-order valence-electron chi connectivity index (χ2n) is 5.74. The van der Waals surface area contributed by atoms with Crippen LogP contribution in [0.15, 0.2) is 54.0 Å². The van der Waals surface area contributed by atoms with E-state index in [9.17, 15) is 4.79 Å². The second-order valence-corrected chi connectivity index (χ2v) is 6.68. The first-order chi connectivity index (χ1) is 13.2. The van der Waals surface area contributed by atoms with Crippen molar-refractivity contribution in [2.24, 2.45) is 0 Å². The van der Waals surface area contributed by atoms with Crippen LogP contribution in [0.4, 0.5) is 0 Å². The molecule has 0 bridgehead atoms. The van der Waals surface area contributed by atoms with Crippen LogP contribution in [0.5, 0.6) is 11.5 Å². The smallest absolute Gasteiger partial charge is 0.251 e. The standard InChI is InChI=1S/C21H22N2O3S/c1-3-25-18-8-7-16(13-19(18)26-4-2)21(24)23-14-15-9-10-22-17(12-15)20-6-5-11-27-20/h5-13H,3-4,14H2,1-2H3,(H,23,24). The highest BCUT2D eigenvalue weighted by atomic mass is 32.1. The lowest BCUT2D eigenvalue weighted by Gasteiger charge is -2.12. The number of thiophene rings is 1. The first-order valence-electron chi connectivity index (χ1n) is 8.88. The summed E-state index contributed by atoms with van der Waals surface area (Å²) in [7, 11) is 0. The van der Waals surface area contributed by atoms with Gasteiger partial charge in [0.2, 0.25) is 0 Å². The van der Waals surface area contributed by atoms with Crippen molar-refractivity contribution >= 4 is 17.2 Å². The van der Waals surface area contributed by atoms with Gasteiger partial charge in [-0.15, -0.1) is 11.3 Å². The van der Waals surface area contributed by atoms with Gasteiger partial charge in [-0.25, -0.2) is 0 Å². The fourth-order valence-corrected chi connectivity index (χ4v) is 3.31. The lowest BCUT2D eigenvalue weighted by Crippen LogP contribution is -2.22. The van der Waals surface area contributed by atoms with E-state index < -0.39 is 0 Å². The first-order valence-corrected chi connectivity index (χ1v) is 9.76. The summed E-state index contributed by atoms with van der Waals surface area (Å²) >= 11 is 1.64. The number of benzene rings is 1. The van der Waals surface area contributed by atoms with Gasteiger partial charge in [-0.05, 0) is 61.2 Å². The number of ether oxygens (including phenoxy) is 2. The summed E-state index contributed by atoms with van der Waals surface area (Å²) in [5.74, 6) is 1.06. The molecule has 27 heavy (non-hydrogen) atoms. The summed E-state index contributed by atoms with van der Waals surface area (Å²) in [6.07, 6.45) is 1.76. The lowest BCUT2D eigenvalue weighted by molar-refractivity contribution is 0.0950. The molecule has 0 aliphatic rings. The number of nitrogens with one attached hydrogen (secondary N) is 1. The van der Waals surface area contributed by atoms with Crippen molar-refractivity contribution in [3.63, 3.8) is 0 Å². The molecule has 2 heterocycles. The number of hydrogen-bond acceptors (Lipinski definition) is 5. The van der Waals surface area contributed by atoms with E-state index in [0.717, 1.165) is 16.1 Å². The number of pyridine rings is 1. The predicted molar refractivity (Wildman–Crippen MR) is 108 cm³/mol. The molecule has 140 valence electrons. The molecule has 2 aromatic heterocycles. The zero-order valence-electron chi connectivity index (χ0n) is 15.4. The van der Waals surface area contributed by atoms with Crippen molar-refractivity contribution < 1.29 is 14.3 Å². The van der Waals surface area contributed by atoms with Crippen LogP contribution in [0.3, 0.4) is 0 Å². The average molecular weight is 382 g/mol. The van der Waals surface area contributed by atoms with E-state index in [0.29, 0.717) is 36.8 Å². The Morgan fingerprint density at radius 3 is 2.63 bits per heavy atom. The minimum Gasteiger partial charge on any atom is -0.490 e. The second kappa shape index (κ2) is 9.19. The molecule has 0 radical (unpaired) electrons. The van der Waals surface area contributed by atoms with Crippen molar-refractivity contribution in [3.8, 4) is 22.1 Å². The molecule has 5 nitrogen and oxygen atoms in total. The summed E-state index contributed by atoms with van der Waals surface area (Å²) in [4.78, 5) is 18.0. The molecule has 0 saturated carbocycles. The van der Waals surface area contributed by atoms with Gasteiger partial charge < -0.3 is 14.8 Å². The lowest BCUT2D eigenvalue weighted by atomic mass is 10.1. The minimum atomic E-state index is -0.159. The quantitative estimate of drug-likeness (QED) is 0.621. The maximum absolute atomic E-state index is 12.5. The maximum Gasteiger partial charge on any atom is 0.251 e. The molecule has 0 atom stereocenters. The molecule has 1 N–H and O–H groups in total. The maximum atomic E-state index is 12.5. The van der Waals surface area contributed by atoms with E-state index >= 15 is 0 Å². The van der Waals surface area contributed by atoms with Crippen LogP contribution in [0.1, 0.15) is 29.8 Å². The predicted octanol–water partition coefficient (Wildman–Crippen LogP) is 4.54. The third kappa shape index (κ3) is 4.86. The summed E-state index contributed by atoms with van der Waals surface area (Å²) in [6.45, 7) is 5.29. The fourth-order valence-electron chi connectivity index (χ4n) is 2.62. The van der Waals surface area contributed by atoms with Gasteiger partial charge in [-0.3, -0.25) is 9.78 Å². The molecule has 0 unspecified atom stereocenters. The van der Waals surface area contributed by atoms with Gasteiger partial charge in [0.1, 0.15) is 0 Å². The van der Waals surface area contributed by atoms with E-state index in [1.54, 1.807) is 35.7 Å². The Kier molecular flexibility index (Phi) is 6.44. The third-order valence-corrected chi connectivity index (χ3v) is 4.75. The number of amides is 1. The summed E-state index contributed by atoms with van der Waals surface area (Å²) in [5, 5.41) is 4.97. The zero-order valence-corrected chi connectivity index (χ0v) is 16.2. The topological polar surface area (TPSA) is 60.5 Å². The minimum absolute atomic E-state index is 0.159. The highest BCUT2D eigenvalue weighted by Crippen LogP contribution is 2.28. The van der Waals surface area contributed by atoms with E-state index in [2.05, 4.69) is 10.3 Å². The third-order valence-electron chi connectivity index (χ3n) is 3.86. The Hall–Kier alpha value is -2.86. The summed E-state index contributed by atoms with van der Waals surface area (Å²) in [6, 6.07) is 13.2. The Morgan fingerprint density at radius 2 is 1.89 bits per heavy atom. The average Bonchev–Trinajstić information content (AvgIpc) is 3.23. The molecular weight excluding hydrogens is 360 g/mol. The Balaban J connectivity index is 1.69. The van der Waals surface area contributed by atoms with E-state index in [1.807, 2.05) is 43.5 Å². The van der Waals surface area contributed by atoms with Crippen LogP contribution in [0, 0.1) is 0 Å². The summed E-state index contributed by atoms with van der Waals surface area (Å²) < 4.78 is 11.1. The molecule has 0 fully saturated rings. The van der Waals surface area contributed by atoms with E-state index in [-0.39, 0.29) is 5.91 Å². The highest BCUT2D eigenvalue weighted by molar-refractivity contribution is 7.13. The Bertz CT molecular complexity index is 894. The number of carbonyl (C=O) groups is 1. The number of aromatic nitrogens is 1. The van der Waals surface area contributed by atoms with Crippen LogP contribution >= 0.6 is 11.3 Å². The largest absolute Gasteiger partial charge is 0.490 e. The summed E-state index contributed by atoms with van der Waals surface area (Å²) in [5.41, 5.74) is 2.45. The molecule has 1 aromatic carbocycles. The number of hydrogen-bond donors (Lipinski definition) is 1. The van der Waals surface area contributed by atoms with E-state index in [4.69, 9.17) is 9.47 Å². The molecule has 3 rings (SSSR count). The highest BCUT2D eigenvalue weighted by Gasteiger charge is 2.12. The van der Waals surface area contributed by atoms with Crippen LogP contribution in [0.2, 0.25) is 0 Å². The van der Waals surface area contributed by atoms with Gasteiger partial charge in [-0.1, -0.05) is 6.07 Å². The monoisotopic (exact) mass is 382 g/mol. The number of nitrogens with zero attached hydrogens (tertiary/aromatic N) is 1. The van der Waals surface area contributed by atoms with Crippen LogP contribution < -0.4 is 14.8 Å². The molecule has 0 aliphatic heterocycles. The molecule has 1 amide bonds. The van der Waals surface area contributed by atoms with Gasteiger partial charge >= 0.3 is 0 Å². The van der Waals surface area contributed by atoms with E-state index in [1.165, 1.54) is 0 Å². The van der Waals surface area contributed by atoms with Crippen LogP contribution in [-0.2, 0) is 6.54 Å². The van der Waals surface area contributed by atoms with Gasteiger partial charge in [0.05, 0.1) is 23.8 Å². The molecule has 0 spiro atoms. The molecule has 0 aliphatic carbocycles. The van der Waals surface area contributed by atoms with Crippen molar-refractivity contribution in [1.82, 2.24) is 10.3 Å². The molecular formula is C21H22N2O3S. The fraction of sp³-hybridized carbons (Fsp3) is 0.238. The van der Waals surface area contributed by atoms with Crippen molar-refractivity contribution in [2.75, 3.05) is 13.2 Å².